The van der Waals surface area contributed by atoms with E-state index in [1.807, 2.05) is 32.0 Å². The number of carbonyl (C=O) groups excluding carboxylic acids is 3. The summed E-state index contributed by atoms with van der Waals surface area (Å²) in [6.07, 6.45) is -9.37. The Kier molecular flexibility index (Phi) is 7.75. The molecule has 1 aromatic rings. The number of carbonyl (C=O) groups is 3. The summed E-state index contributed by atoms with van der Waals surface area (Å²) < 4.78 is 67.0. The topological polar surface area (TPSA) is 64.1 Å². The van der Waals surface area contributed by atoms with Crippen molar-refractivity contribution in [1.29, 1.82) is 0 Å². The van der Waals surface area contributed by atoms with E-state index in [0.717, 1.165) is 5.69 Å². The number of pyridine rings is 1. The quantitative estimate of drug-likeness (QED) is 0.614. The van der Waals surface area contributed by atoms with E-state index in [1.54, 1.807) is 6.20 Å². The second kappa shape index (κ2) is 8.55. The number of rotatable bonds is 4. The molecule has 0 aromatic carbocycles. The number of Topliss-reactive ketones (excluding diaryl/α,β-unsaturated/α-hetero) is 3. The Morgan fingerprint density at radius 3 is 1.71 bits per heavy atom. The lowest BCUT2D eigenvalue weighted by atomic mass is 10.0. The van der Waals surface area contributed by atoms with E-state index in [-0.39, 0.29) is 11.7 Å². The Bertz CT molecular complexity index is 554. The van der Waals surface area contributed by atoms with E-state index in [2.05, 4.69) is 4.98 Å². The molecule has 0 aliphatic carbocycles. The van der Waals surface area contributed by atoms with Crippen molar-refractivity contribution in [2.45, 2.75) is 32.6 Å². The summed E-state index contributed by atoms with van der Waals surface area (Å²) in [6, 6.07) is 5.62. The van der Waals surface area contributed by atoms with Gasteiger partial charge >= 0.3 is 23.9 Å². The third-order valence-corrected chi connectivity index (χ3v) is 2.45. The molecule has 0 aliphatic heterocycles. The minimum Gasteiger partial charge on any atom is -0.299 e. The van der Waals surface area contributed by atoms with Gasteiger partial charge in [-0.1, -0.05) is 19.9 Å². The summed E-state index contributed by atoms with van der Waals surface area (Å²) in [5.74, 6) is -6.47. The van der Waals surface area contributed by atoms with Gasteiger partial charge in [-0.25, -0.2) is 0 Å². The van der Waals surface area contributed by atoms with Crippen molar-refractivity contribution in [1.82, 2.24) is 4.98 Å². The monoisotopic (exact) mass is 357 g/mol. The van der Waals surface area contributed by atoms with Crippen molar-refractivity contribution in [2.24, 2.45) is 5.92 Å². The fourth-order valence-corrected chi connectivity index (χ4v) is 1.14. The number of hydrogen-bond donors (Lipinski definition) is 0. The van der Waals surface area contributed by atoms with Crippen LogP contribution in [0.3, 0.4) is 0 Å². The molecule has 0 saturated heterocycles. The van der Waals surface area contributed by atoms with Gasteiger partial charge in [0, 0.05) is 24.2 Å². The maximum atomic E-state index is 11.3. The van der Waals surface area contributed by atoms with Gasteiger partial charge in [0.15, 0.2) is 0 Å². The Hall–Kier alpha value is -2.26. The Labute approximate surface area is 132 Å². The van der Waals surface area contributed by atoms with Crippen LogP contribution in [0.1, 0.15) is 19.5 Å². The summed E-state index contributed by atoms with van der Waals surface area (Å²) in [4.78, 5) is 34.6. The summed E-state index contributed by atoms with van der Waals surface area (Å²) in [6.45, 7) is 3.82. The van der Waals surface area contributed by atoms with E-state index < -0.39 is 23.9 Å². The van der Waals surface area contributed by atoms with E-state index >= 15 is 0 Å². The molecule has 0 spiro atoms. The molecule has 1 heterocycles. The van der Waals surface area contributed by atoms with E-state index in [9.17, 15) is 40.7 Å². The van der Waals surface area contributed by atoms with Gasteiger partial charge < -0.3 is 0 Å². The lowest BCUT2D eigenvalue weighted by Gasteiger charge is -2.05. The molecule has 10 heteroatoms. The predicted molar refractivity (Wildman–Crippen MR) is 69.9 cm³/mol. The highest BCUT2D eigenvalue weighted by atomic mass is 19.4. The van der Waals surface area contributed by atoms with Crippen molar-refractivity contribution in [3.05, 3.63) is 30.1 Å². The van der Waals surface area contributed by atoms with Crippen molar-refractivity contribution in [3.8, 4) is 0 Å². The van der Waals surface area contributed by atoms with Crippen LogP contribution >= 0.6 is 0 Å². The van der Waals surface area contributed by atoms with Crippen LogP contribution < -0.4 is 0 Å². The lowest BCUT2D eigenvalue weighted by molar-refractivity contribution is -0.193. The molecule has 1 rings (SSSR count). The average Bonchev–Trinajstić information content (AvgIpc) is 2.45. The van der Waals surface area contributed by atoms with Crippen LogP contribution in [-0.2, 0) is 20.8 Å². The van der Waals surface area contributed by atoms with Gasteiger partial charge in [-0.2, -0.15) is 26.3 Å². The van der Waals surface area contributed by atoms with Gasteiger partial charge in [-0.05, 0) is 12.1 Å². The molecule has 0 saturated carbocycles. The number of nitrogens with zero attached hydrogens (tertiary/aromatic N) is 1. The molecule has 0 unspecified atom stereocenters. The predicted octanol–water partition coefficient (Wildman–Crippen LogP) is 3.10. The molecule has 0 aliphatic rings. The zero-order valence-electron chi connectivity index (χ0n) is 12.5. The summed E-state index contributed by atoms with van der Waals surface area (Å²) in [5.41, 5.74) is 0.858. The first-order valence-corrected chi connectivity index (χ1v) is 6.42. The number of hydrogen-bond acceptors (Lipinski definition) is 4. The molecule has 0 amide bonds. The van der Waals surface area contributed by atoms with Crippen LogP contribution in [0.5, 0.6) is 0 Å². The van der Waals surface area contributed by atoms with Crippen molar-refractivity contribution in [3.63, 3.8) is 0 Å². The normalized spacial score (nSPS) is 11.5. The fourth-order valence-electron chi connectivity index (χ4n) is 1.14. The van der Waals surface area contributed by atoms with Crippen molar-refractivity contribution < 1.29 is 40.7 Å². The molecule has 134 valence electrons. The summed E-state index contributed by atoms with van der Waals surface area (Å²) in [7, 11) is 0. The van der Waals surface area contributed by atoms with Gasteiger partial charge in [-0.15, -0.1) is 0 Å². The van der Waals surface area contributed by atoms with E-state index in [1.165, 1.54) is 0 Å². The number of halogens is 6. The lowest BCUT2D eigenvalue weighted by Crippen LogP contribution is -2.39. The highest BCUT2D eigenvalue weighted by Crippen LogP contribution is 2.23. The van der Waals surface area contributed by atoms with Gasteiger partial charge in [-0.3, -0.25) is 19.4 Å². The molecule has 0 fully saturated rings. The number of ketones is 3. The second-order valence-corrected chi connectivity index (χ2v) is 4.77. The molecular formula is C14H13F6NO3. The Morgan fingerprint density at radius 1 is 0.958 bits per heavy atom. The maximum absolute atomic E-state index is 11.3. The molecular weight excluding hydrogens is 344 g/mol. The molecule has 24 heavy (non-hydrogen) atoms. The largest absolute Gasteiger partial charge is 0.458 e. The first-order valence-electron chi connectivity index (χ1n) is 6.42. The van der Waals surface area contributed by atoms with Crippen LogP contribution in [0.15, 0.2) is 24.4 Å². The van der Waals surface area contributed by atoms with Crippen LogP contribution in [-0.4, -0.2) is 34.7 Å². The minimum absolute atomic E-state index is 0.104. The van der Waals surface area contributed by atoms with E-state index in [0.29, 0.717) is 6.42 Å². The minimum atomic E-state index is -5.77. The Balaban J connectivity index is 0.000000441. The number of aromatic nitrogens is 1. The first-order chi connectivity index (χ1) is 10.8. The van der Waals surface area contributed by atoms with Gasteiger partial charge in [0.25, 0.3) is 0 Å². The zero-order chi connectivity index (χ0) is 19.1. The van der Waals surface area contributed by atoms with Crippen molar-refractivity contribution in [2.75, 3.05) is 0 Å². The number of alkyl halides is 6. The first kappa shape index (κ1) is 21.7. The van der Waals surface area contributed by atoms with Crippen LogP contribution in [0, 0.1) is 5.92 Å². The Morgan fingerprint density at radius 2 is 1.42 bits per heavy atom. The molecule has 0 bridgehead atoms. The zero-order valence-corrected chi connectivity index (χ0v) is 12.5. The van der Waals surface area contributed by atoms with Gasteiger partial charge in [0.1, 0.15) is 5.78 Å². The smallest absolute Gasteiger partial charge is 0.299 e. The summed E-state index contributed by atoms with van der Waals surface area (Å²) >= 11 is 0. The van der Waals surface area contributed by atoms with Gasteiger partial charge in [0.2, 0.25) is 0 Å². The highest BCUT2D eigenvalue weighted by molar-refractivity contribution is 6.41. The van der Waals surface area contributed by atoms with Crippen molar-refractivity contribution >= 4 is 17.3 Å². The van der Waals surface area contributed by atoms with Gasteiger partial charge in [0.05, 0.1) is 0 Å². The fraction of sp³-hybridized carbons (Fsp3) is 0.429. The van der Waals surface area contributed by atoms with E-state index in [4.69, 9.17) is 0 Å². The molecule has 4 nitrogen and oxygen atoms in total. The maximum Gasteiger partial charge on any atom is 0.458 e. The highest BCUT2D eigenvalue weighted by Gasteiger charge is 2.54. The third-order valence-electron chi connectivity index (χ3n) is 2.45. The summed E-state index contributed by atoms with van der Waals surface area (Å²) in [5, 5.41) is 0. The molecule has 0 atom stereocenters. The second-order valence-electron chi connectivity index (χ2n) is 4.77. The SMILES string of the molecule is CC(C)C(=O)Cc1ccccn1.O=C(C(=O)C(F)(F)F)C(F)(F)F. The molecule has 0 radical (unpaired) electrons. The standard InChI is InChI=1S/C10H13NO.C4F6O2/c1-8(2)10(12)7-9-5-3-4-6-11-9;5-3(6,7)1(11)2(12)4(8,9)10/h3-6,8H,7H2,1-2H3;. The molecule has 0 N–H and O–H groups in total. The molecule has 1 aromatic heterocycles. The third kappa shape index (κ3) is 7.84. The van der Waals surface area contributed by atoms with Crippen LogP contribution in [0.4, 0.5) is 26.3 Å². The van der Waals surface area contributed by atoms with Crippen LogP contribution in [0.2, 0.25) is 0 Å². The average molecular weight is 357 g/mol. The van der Waals surface area contributed by atoms with Crippen LogP contribution in [0.25, 0.3) is 0 Å².